The average Bonchev–Trinajstić information content (AvgIpc) is 2.70. The monoisotopic (exact) mass is 412 g/mol. The highest BCUT2D eigenvalue weighted by molar-refractivity contribution is 6.42. The number of halogens is 2. The first kappa shape index (κ1) is 20.7. The van der Waals surface area contributed by atoms with E-state index in [-0.39, 0.29) is 17.5 Å². The summed E-state index contributed by atoms with van der Waals surface area (Å²) in [6, 6.07) is 5.60. The smallest absolute Gasteiger partial charge is 0.241 e. The Labute approximate surface area is 172 Å². The second-order valence-electron chi connectivity index (χ2n) is 8.03. The lowest BCUT2D eigenvalue weighted by molar-refractivity contribution is -0.135. The minimum atomic E-state index is -0.110. The Bertz CT molecular complexity index is 674. The molecule has 27 heavy (non-hydrogen) atoms. The zero-order valence-corrected chi connectivity index (χ0v) is 18.0. The van der Waals surface area contributed by atoms with Gasteiger partial charge in [-0.2, -0.15) is 0 Å². The Morgan fingerprint density at radius 2 is 1.85 bits per heavy atom. The van der Waals surface area contributed by atoms with Crippen molar-refractivity contribution in [1.29, 1.82) is 0 Å². The van der Waals surface area contributed by atoms with E-state index in [9.17, 15) is 4.79 Å². The summed E-state index contributed by atoms with van der Waals surface area (Å²) < 4.78 is 0. The average molecular weight is 413 g/mol. The number of benzene rings is 1. The van der Waals surface area contributed by atoms with E-state index >= 15 is 0 Å². The van der Waals surface area contributed by atoms with E-state index in [1.165, 1.54) is 0 Å². The first-order chi connectivity index (χ1) is 12.8. The summed E-state index contributed by atoms with van der Waals surface area (Å²) in [6.45, 7) is 12.4. The minimum absolute atomic E-state index is 0.110. The molecule has 7 heteroatoms. The van der Waals surface area contributed by atoms with E-state index in [1.54, 1.807) is 0 Å². The van der Waals surface area contributed by atoms with Gasteiger partial charge in [-0.05, 0) is 38.5 Å². The summed E-state index contributed by atoms with van der Waals surface area (Å²) in [6.07, 6.45) is 1.08. The number of hydrogen-bond acceptors (Lipinski definition) is 4. The van der Waals surface area contributed by atoms with Crippen LogP contribution in [0.4, 0.5) is 5.69 Å². The van der Waals surface area contributed by atoms with Crippen LogP contribution in [-0.4, -0.2) is 73.1 Å². The summed E-state index contributed by atoms with van der Waals surface area (Å²) in [7, 11) is 0. The summed E-state index contributed by atoms with van der Waals surface area (Å²) in [5.41, 5.74) is 1.19. The maximum absolute atomic E-state index is 13.0. The fourth-order valence-corrected chi connectivity index (χ4v) is 4.07. The summed E-state index contributed by atoms with van der Waals surface area (Å²) in [5.74, 6) is 0.223. The second-order valence-corrected chi connectivity index (χ2v) is 8.84. The van der Waals surface area contributed by atoms with Crippen molar-refractivity contribution in [2.24, 2.45) is 0 Å². The van der Waals surface area contributed by atoms with Crippen molar-refractivity contribution >= 4 is 34.8 Å². The number of nitrogens with zero attached hydrogens (tertiary/aromatic N) is 3. The number of carbonyl (C=O) groups excluding carboxylic acids is 1. The normalized spacial score (nSPS) is 22.2. The molecular formula is C20H30Cl2N4O. The molecule has 0 saturated carbocycles. The van der Waals surface area contributed by atoms with Crippen LogP contribution in [0.2, 0.25) is 10.0 Å². The molecule has 1 aromatic carbocycles. The predicted molar refractivity (Wildman–Crippen MR) is 113 cm³/mol. The molecule has 0 radical (unpaired) electrons. The van der Waals surface area contributed by atoms with Gasteiger partial charge in [-0.15, -0.1) is 0 Å². The van der Waals surface area contributed by atoms with Gasteiger partial charge in [-0.3, -0.25) is 9.69 Å². The molecule has 0 bridgehead atoms. The highest BCUT2D eigenvalue weighted by atomic mass is 35.5. The van der Waals surface area contributed by atoms with Gasteiger partial charge in [0.05, 0.1) is 16.1 Å². The molecule has 2 heterocycles. The third-order valence-corrected chi connectivity index (χ3v) is 6.79. The lowest BCUT2D eigenvalue weighted by Crippen LogP contribution is -2.63. The molecule has 1 atom stereocenters. The number of anilines is 1. The van der Waals surface area contributed by atoms with Crippen LogP contribution >= 0.6 is 23.2 Å². The molecule has 0 aliphatic carbocycles. The van der Waals surface area contributed by atoms with Crippen LogP contribution in [-0.2, 0) is 4.79 Å². The molecule has 2 aliphatic heterocycles. The first-order valence-electron chi connectivity index (χ1n) is 9.79. The fraction of sp³-hybridized carbons (Fsp3) is 0.650. The lowest BCUT2D eigenvalue weighted by atomic mass is 9.97. The van der Waals surface area contributed by atoms with Crippen LogP contribution in [0.1, 0.15) is 27.2 Å². The highest BCUT2D eigenvalue weighted by Crippen LogP contribution is 2.28. The number of nitrogens with one attached hydrogen (secondary N) is 1. The quantitative estimate of drug-likeness (QED) is 0.824. The molecule has 1 N–H and O–H groups in total. The standard InChI is InChI=1S/C20H30Cl2N4O/c1-4-20(2,3)26-8-7-23-18(14-26)19(27)25-11-9-24(10-12-25)15-5-6-16(21)17(22)13-15/h5-6,13,18,23H,4,7-12,14H2,1-3H3/t18-/m1/s1. The van der Waals surface area contributed by atoms with Crippen LogP contribution in [0.15, 0.2) is 18.2 Å². The molecule has 3 rings (SSSR count). The number of piperazine rings is 2. The number of carbonyl (C=O) groups is 1. The third kappa shape index (κ3) is 4.70. The van der Waals surface area contributed by atoms with Gasteiger partial charge in [-0.25, -0.2) is 0 Å². The van der Waals surface area contributed by atoms with E-state index in [1.807, 2.05) is 23.1 Å². The maximum atomic E-state index is 13.0. The lowest BCUT2D eigenvalue weighted by Gasteiger charge is -2.45. The zero-order chi connectivity index (χ0) is 19.6. The molecule has 0 unspecified atom stereocenters. The maximum Gasteiger partial charge on any atom is 0.241 e. The summed E-state index contributed by atoms with van der Waals surface area (Å²) in [4.78, 5) is 19.7. The second kappa shape index (κ2) is 8.56. The van der Waals surface area contributed by atoms with E-state index in [2.05, 4.69) is 35.9 Å². The summed E-state index contributed by atoms with van der Waals surface area (Å²) >= 11 is 12.2. The Hall–Kier alpha value is -1.01. The minimum Gasteiger partial charge on any atom is -0.368 e. The number of amides is 1. The topological polar surface area (TPSA) is 38.8 Å². The molecule has 1 aromatic rings. The Morgan fingerprint density at radius 1 is 1.15 bits per heavy atom. The molecular weight excluding hydrogens is 383 g/mol. The molecule has 0 aromatic heterocycles. The molecule has 2 fully saturated rings. The van der Waals surface area contributed by atoms with Crippen molar-refractivity contribution in [2.75, 3.05) is 50.7 Å². The number of rotatable bonds is 4. The van der Waals surface area contributed by atoms with Gasteiger partial charge in [0.15, 0.2) is 0 Å². The van der Waals surface area contributed by atoms with E-state index in [0.29, 0.717) is 10.0 Å². The molecule has 1 amide bonds. The van der Waals surface area contributed by atoms with Crippen molar-refractivity contribution < 1.29 is 4.79 Å². The van der Waals surface area contributed by atoms with Crippen molar-refractivity contribution in [3.8, 4) is 0 Å². The van der Waals surface area contributed by atoms with Crippen LogP contribution < -0.4 is 10.2 Å². The largest absolute Gasteiger partial charge is 0.368 e. The Morgan fingerprint density at radius 3 is 2.48 bits per heavy atom. The zero-order valence-electron chi connectivity index (χ0n) is 16.5. The Kier molecular flexibility index (Phi) is 6.57. The van der Waals surface area contributed by atoms with Crippen molar-refractivity contribution in [1.82, 2.24) is 15.1 Å². The SMILES string of the molecule is CCC(C)(C)N1CCN[C@@H](C(=O)N2CCN(c3ccc(Cl)c(Cl)c3)CC2)C1. The molecule has 150 valence electrons. The van der Waals surface area contributed by atoms with Crippen molar-refractivity contribution in [3.63, 3.8) is 0 Å². The van der Waals surface area contributed by atoms with Crippen LogP contribution in [0.5, 0.6) is 0 Å². The third-order valence-electron chi connectivity index (χ3n) is 6.05. The first-order valence-corrected chi connectivity index (χ1v) is 10.5. The van der Waals surface area contributed by atoms with Crippen LogP contribution in [0.25, 0.3) is 0 Å². The van der Waals surface area contributed by atoms with Gasteiger partial charge < -0.3 is 15.1 Å². The van der Waals surface area contributed by atoms with Crippen molar-refractivity contribution in [3.05, 3.63) is 28.2 Å². The fourth-order valence-electron chi connectivity index (χ4n) is 3.78. The molecule has 2 saturated heterocycles. The van der Waals surface area contributed by atoms with Crippen LogP contribution in [0, 0.1) is 0 Å². The van der Waals surface area contributed by atoms with Gasteiger partial charge in [-0.1, -0.05) is 30.1 Å². The Balaban J connectivity index is 1.57. The number of hydrogen-bond donors (Lipinski definition) is 1. The van der Waals surface area contributed by atoms with Crippen LogP contribution in [0.3, 0.4) is 0 Å². The van der Waals surface area contributed by atoms with Gasteiger partial charge in [0.1, 0.15) is 0 Å². The molecule has 2 aliphatic rings. The molecule has 0 spiro atoms. The van der Waals surface area contributed by atoms with Gasteiger partial charge in [0.25, 0.3) is 0 Å². The van der Waals surface area contributed by atoms with E-state index < -0.39 is 0 Å². The van der Waals surface area contributed by atoms with E-state index in [0.717, 1.165) is 57.9 Å². The van der Waals surface area contributed by atoms with Gasteiger partial charge in [0, 0.05) is 57.0 Å². The predicted octanol–water partition coefficient (Wildman–Crippen LogP) is 3.10. The van der Waals surface area contributed by atoms with E-state index in [4.69, 9.17) is 23.2 Å². The van der Waals surface area contributed by atoms with Gasteiger partial charge in [0.2, 0.25) is 5.91 Å². The highest BCUT2D eigenvalue weighted by Gasteiger charge is 2.35. The molecule has 5 nitrogen and oxygen atoms in total. The van der Waals surface area contributed by atoms with Crippen molar-refractivity contribution in [2.45, 2.75) is 38.8 Å². The summed E-state index contributed by atoms with van der Waals surface area (Å²) in [5, 5.41) is 4.55. The van der Waals surface area contributed by atoms with Gasteiger partial charge >= 0.3 is 0 Å².